The van der Waals surface area contributed by atoms with Crippen molar-refractivity contribution in [2.24, 2.45) is 12.8 Å². The van der Waals surface area contributed by atoms with Crippen LogP contribution >= 0.6 is 0 Å². The number of sulfone groups is 1. The quantitative estimate of drug-likeness (QED) is 0.687. The van der Waals surface area contributed by atoms with Crippen LogP contribution in [0.15, 0.2) is 35.6 Å². The molecule has 3 N–H and O–H groups in total. The van der Waals surface area contributed by atoms with Crippen molar-refractivity contribution in [3.8, 4) is 11.3 Å². The minimum atomic E-state index is -3.65. The van der Waals surface area contributed by atoms with Crippen LogP contribution in [0.4, 0.5) is 5.82 Å². The third-order valence-corrected chi connectivity index (χ3v) is 4.89. The Bertz CT molecular complexity index is 1200. The number of nitrogens with one attached hydrogen (secondary N) is 1. The predicted octanol–water partition coefficient (Wildman–Crippen LogP) is 1.10. The van der Waals surface area contributed by atoms with E-state index in [1.54, 1.807) is 30.1 Å². The molecule has 10 heteroatoms. The first kappa shape index (κ1) is 18.5. The maximum atomic E-state index is 12.0. The summed E-state index contributed by atoms with van der Waals surface area (Å²) in [7, 11) is -1.86. The number of rotatable bonds is 4. The maximum Gasteiger partial charge on any atom is 0.248 e. The fourth-order valence-electron chi connectivity index (χ4n) is 2.71. The van der Waals surface area contributed by atoms with Crippen LogP contribution < -0.4 is 11.1 Å². The monoisotopic (exact) mass is 387 g/mol. The van der Waals surface area contributed by atoms with E-state index in [4.69, 9.17) is 5.73 Å². The number of primary amides is 1. The average Bonchev–Trinajstić information content (AvgIpc) is 2.89. The Balaban J connectivity index is 2.29. The molecular weight excluding hydrogens is 370 g/mol. The molecule has 0 aliphatic carbocycles. The Morgan fingerprint density at radius 2 is 1.93 bits per heavy atom. The van der Waals surface area contributed by atoms with Gasteiger partial charge in [-0.2, -0.15) is 0 Å². The minimum absolute atomic E-state index is 0.0357. The van der Waals surface area contributed by atoms with Crippen molar-refractivity contribution in [1.82, 2.24) is 14.5 Å². The highest BCUT2D eigenvalue weighted by Crippen LogP contribution is 2.31. The second-order valence-corrected chi connectivity index (χ2v) is 8.10. The lowest BCUT2D eigenvalue weighted by Crippen LogP contribution is -2.13. The molecule has 140 valence electrons. The number of anilines is 1. The number of carbonyl (C=O) groups is 2. The van der Waals surface area contributed by atoms with Crippen molar-refractivity contribution >= 4 is 38.4 Å². The summed E-state index contributed by atoms with van der Waals surface area (Å²) in [6, 6.07) is 4.24. The van der Waals surface area contributed by atoms with Crippen LogP contribution in [0.5, 0.6) is 0 Å². The lowest BCUT2D eigenvalue weighted by atomic mass is 10.1. The standard InChI is InChI=1S/C17H17N5O4S/c1-9(23)20-15-6-11-12(8-22(2)14(11)7-19-15)13-4-10(17(18)24)5-16(21-13)27(3,25)26/h4-8H,1-3H3,(H2,18,24)(H,19,20,23). The van der Waals surface area contributed by atoms with Gasteiger partial charge >= 0.3 is 0 Å². The average molecular weight is 387 g/mol. The van der Waals surface area contributed by atoms with Crippen molar-refractivity contribution in [1.29, 1.82) is 0 Å². The first-order valence-corrected chi connectivity index (χ1v) is 9.70. The molecule has 0 aromatic carbocycles. The van der Waals surface area contributed by atoms with E-state index >= 15 is 0 Å². The van der Waals surface area contributed by atoms with Crippen LogP contribution in [-0.2, 0) is 21.7 Å². The first-order chi connectivity index (χ1) is 12.6. The van der Waals surface area contributed by atoms with E-state index in [2.05, 4.69) is 15.3 Å². The molecule has 0 spiro atoms. The molecule has 0 aliphatic heterocycles. The Kier molecular flexibility index (Phi) is 4.44. The molecule has 2 amide bonds. The number of hydrogen-bond donors (Lipinski definition) is 2. The van der Waals surface area contributed by atoms with E-state index in [1.807, 2.05) is 0 Å². The number of aryl methyl sites for hydroxylation is 1. The van der Waals surface area contributed by atoms with Gasteiger partial charge in [0.05, 0.1) is 17.4 Å². The predicted molar refractivity (Wildman–Crippen MR) is 99.9 cm³/mol. The van der Waals surface area contributed by atoms with Gasteiger partial charge in [-0.15, -0.1) is 0 Å². The third-order valence-electron chi connectivity index (χ3n) is 3.92. The highest BCUT2D eigenvalue weighted by Gasteiger charge is 2.18. The molecule has 0 radical (unpaired) electrons. The Morgan fingerprint density at radius 1 is 1.22 bits per heavy atom. The van der Waals surface area contributed by atoms with Gasteiger partial charge in [-0.3, -0.25) is 9.59 Å². The zero-order valence-corrected chi connectivity index (χ0v) is 15.7. The fourth-order valence-corrected chi connectivity index (χ4v) is 3.31. The molecule has 0 bridgehead atoms. The lowest BCUT2D eigenvalue weighted by molar-refractivity contribution is -0.114. The summed E-state index contributed by atoms with van der Waals surface area (Å²) < 4.78 is 25.7. The van der Waals surface area contributed by atoms with E-state index < -0.39 is 15.7 Å². The molecular formula is C17H17N5O4S. The van der Waals surface area contributed by atoms with Crippen LogP contribution in [0.3, 0.4) is 0 Å². The van der Waals surface area contributed by atoms with Gasteiger partial charge in [0.2, 0.25) is 11.8 Å². The van der Waals surface area contributed by atoms with Gasteiger partial charge in [0.25, 0.3) is 0 Å². The number of nitrogens with two attached hydrogens (primary N) is 1. The highest BCUT2D eigenvalue weighted by molar-refractivity contribution is 7.90. The van der Waals surface area contributed by atoms with Gasteiger partial charge in [-0.05, 0) is 18.2 Å². The molecule has 0 aliphatic rings. The lowest BCUT2D eigenvalue weighted by Gasteiger charge is -2.06. The molecule has 0 saturated heterocycles. The maximum absolute atomic E-state index is 12.0. The summed E-state index contributed by atoms with van der Waals surface area (Å²) in [5.74, 6) is -0.686. The zero-order chi connectivity index (χ0) is 19.9. The Labute approximate surface area is 155 Å². The SMILES string of the molecule is CC(=O)Nc1cc2c(-c3cc(C(N)=O)cc(S(C)(=O)=O)n3)cn(C)c2cn1. The molecule has 27 heavy (non-hydrogen) atoms. The van der Waals surface area contributed by atoms with Crippen molar-refractivity contribution in [2.75, 3.05) is 11.6 Å². The Morgan fingerprint density at radius 3 is 2.52 bits per heavy atom. The second-order valence-electron chi connectivity index (χ2n) is 6.14. The summed E-state index contributed by atoms with van der Waals surface area (Å²) in [6.45, 7) is 1.37. The number of pyridine rings is 2. The van der Waals surface area contributed by atoms with Gasteiger partial charge in [0, 0.05) is 42.9 Å². The number of aromatic nitrogens is 3. The van der Waals surface area contributed by atoms with Crippen molar-refractivity contribution in [3.05, 3.63) is 36.2 Å². The Hall–Kier alpha value is -3.27. The van der Waals surface area contributed by atoms with E-state index in [1.165, 1.54) is 13.0 Å². The normalized spacial score (nSPS) is 11.5. The minimum Gasteiger partial charge on any atom is -0.366 e. The summed E-state index contributed by atoms with van der Waals surface area (Å²) >= 11 is 0. The van der Waals surface area contributed by atoms with E-state index in [0.717, 1.165) is 17.8 Å². The molecule has 3 rings (SSSR count). The fraction of sp³-hybridized carbons (Fsp3) is 0.176. The highest BCUT2D eigenvalue weighted by atomic mass is 32.2. The molecule has 0 fully saturated rings. The summed E-state index contributed by atoms with van der Waals surface area (Å²) in [5.41, 5.74) is 6.98. The largest absolute Gasteiger partial charge is 0.366 e. The first-order valence-electron chi connectivity index (χ1n) is 7.81. The second kappa shape index (κ2) is 6.47. The van der Waals surface area contributed by atoms with Crippen molar-refractivity contribution in [2.45, 2.75) is 11.9 Å². The van der Waals surface area contributed by atoms with Crippen LogP contribution in [0.25, 0.3) is 22.2 Å². The number of hydrogen-bond acceptors (Lipinski definition) is 6. The van der Waals surface area contributed by atoms with E-state index in [-0.39, 0.29) is 22.2 Å². The van der Waals surface area contributed by atoms with E-state index in [0.29, 0.717) is 16.8 Å². The number of amides is 2. The smallest absolute Gasteiger partial charge is 0.248 e. The molecule has 0 unspecified atom stereocenters. The molecule has 0 saturated carbocycles. The van der Waals surface area contributed by atoms with Gasteiger partial charge in [-0.1, -0.05) is 0 Å². The molecule has 0 atom stereocenters. The van der Waals surface area contributed by atoms with Crippen LogP contribution in [-0.4, -0.2) is 41.0 Å². The molecule has 9 nitrogen and oxygen atoms in total. The van der Waals surface area contributed by atoms with Crippen LogP contribution in [0.1, 0.15) is 17.3 Å². The number of fused-ring (bicyclic) bond motifs is 1. The van der Waals surface area contributed by atoms with E-state index in [9.17, 15) is 18.0 Å². The van der Waals surface area contributed by atoms with Crippen LogP contribution in [0.2, 0.25) is 0 Å². The van der Waals surface area contributed by atoms with Gasteiger partial charge in [0.1, 0.15) is 5.82 Å². The summed E-state index contributed by atoms with van der Waals surface area (Å²) in [4.78, 5) is 31.3. The van der Waals surface area contributed by atoms with Crippen molar-refractivity contribution in [3.63, 3.8) is 0 Å². The van der Waals surface area contributed by atoms with Gasteiger partial charge < -0.3 is 15.6 Å². The van der Waals surface area contributed by atoms with Gasteiger partial charge in [-0.25, -0.2) is 18.4 Å². The third kappa shape index (κ3) is 3.65. The topological polar surface area (TPSA) is 137 Å². The molecule has 3 heterocycles. The number of carbonyl (C=O) groups excluding carboxylic acids is 2. The van der Waals surface area contributed by atoms with Crippen molar-refractivity contribution < 1.29 is 18.0 Å². The van der Waals surface area contributed by atoms with Gasteiger partial charge in [0.15, 0.2) is 14.9 Å². The zero-order valence-electron chi connectivity index (χ0n) is 14.8. The summed E-state index contributed by atoms with van der Waals surface area (Å²) in [6.07, 6.45) is 4.33. The van der Waals surface area contributed by atoms with Crippen LogP contribution in [0, 0.1) is 0 Å². The number of nitrogens with zero attached hydrogens (tertiary/aromatic N) is 3. The molecule has 3 aromatic rings. The molecule has 3 aromatic heterocycles. The summed E-state index contributed by atoms with van der Waals surface area (Å²) in [5, 5.41) is 3.04.